The molecule has 1 aliphatic rings. The minimum absolute atomic E-state index is 0.113. The van der Waals surface area contributed by atoms with Gasteiger partial charge in [-0.2, -0.15) is 0 Å². The number of nitrogens with one attached hydrogen (secondary N) is 1. The van der Waals surface area contributed by atoms with Gasteiger partial charge in [0, 0.05) is 80.9 Å². The molecule has 5 rings (SSSR count). The molecule has 188 valence electrons. The number of piperazine rings is 1. The predicted molar refractivity (Wildman–Crippen MR) is 149 cm³/mol. The summed E-state index contributed by atoms with van der Waals surface area (Å²) in [6.45, 7) is 5.28. The molecule has 1 fully saturated rings. The predicted octanol–water partition coefficient (Wildman–Crippen LogP) is 4.91. The first-order valence-corrected chi connectivity index (χ1v) is 12.6. The average molecular weight is 493 g/mol. The summed E-state index contributed by atoms with van der Waals surface area (Å²) in [4.78, 5) is 28.4. The lowest BCUT2D eigenvalue weighted by atomic mass is 10.1. The highest BCUT2D eigenvalue weighted by molar-refractivity contribution is 6.04. The standard InChI is InChI=1S/C30H32N6O/c1-34-16-18-36(19-17-34)22-23-5-7-24(8-6-23)30(37)33-27-9-11-28(12-10-27)35(2)29-20-25(13-15-32-29)26-4-3-14-31-21-26/h3-15,20-21H,16-19,22H2,1-2H3,(H,33,37). The van der Waals surface area contributed by atoms with Crippen LogP contribution in [0.2, 0.25) is 0 Å². The van der Waals surface area contributed by atoms with Gasteiger partial charge in [-0.3, -0.25) is 14.7 Å². The lowest BCUT2D eigenvalue weighted by Gasteiger charge is -2.32. The van der Waals surface area contributed by atoms with Crippen LogP contribution in [0.5, 0.6) is 0 Å². The van der Waals surface area contributed by atoms with E-state index >= 15 is 0 Å². The maximum Gasteiger partial charge on any atom is 0.255 e. The first-order valence-electron chi connectivity index (χ1n) is 12.6. The Kier molecular flexibility index (Phi) is 7.54. The van der Waals surface area contributed by atoms with Crippen LogP contribution in [0.15, 0.2) is 91.4 Å². The fraction of sp³-hybridized carbons (Fsp3) is 0.233. The number of anilines is 3. The molecule has 4 aromatic rings. The average Bonchev–Trinajstić information content (AvgIpc) is 2.95. The fourth-order valence-corrected chi connectivity index (χ4v) is 4.44. The molecular formula is C30H32N6O. The molecule has 0 spiro atoms. The Labute approximate surface area is 218 Å². The smallest absolute Gasteiger partial charge is 0.255 e. The molecule has 2 aromatic heterocycles. The van der Waals surface area contributed by atoms with E-state index in [1.165, 1.54) is 5.56 Å². The third kappa shape index (κ3) is 6.20. The Morgan fingerprint density at radius 3 is 2.38 bits per heavy atom. The Morgan fingerprint density at radius 2 is 1.68 bits per heavy atom. The van der Waals surface area contributed by atoms with Gasteiger partial charge in [0.1, 0.15) is 5.82 Å². The van der Waals surface area contributed by atoms with Gasteiger partial charge in [0.2, 0.25) is 0 Å². The second kappa shape index (κ2) is 11.3. The highest BCUT2D eigenvalue weighted by atomic mass is 16.1. The Morgan fingerprint density at radius 1 is 0.919 bits per heavy atom. The molecule has 0 unspecified atom stereocenters. The summed E-state index contributed by atoms with van der Waals surface area (Å²) in [5.74, 6) is 0.716. The van der Waals surface area contributed by atoms with Crippen LogP contribution in [0, 0.1) is 0 Å². The Hall–Kier alpha value is -4.07. The van der Waals surface area contributed by atoms with Crippen molar-refractivity contribution in [3.8, 4) is 11.1 Å². The molecule has 0 atom stereocenters. The zero-order valence-corrected chi connectivity index (χ0v) is 21.3. The van der Waals surface area contributed by atoms with Crippen molar-refractivity contribution >= 4 is 23.1 Å². The molecule has 1 aliphatic heterocycles. The van der Waals surface area contributed by atoms with Crippen LogP contribution in [0.1, 0.15) is 15.9 Å². The number of amides is 1. The topological polar surface area (TPSA) is 64.6 Å². The van der Waals surface area contributed by atoms with Gasteiger partial charge in [-0.25, -0.2) is 4.98 Å². The molecular weight excluding hydrogens is 460 g/mol. The number of hydrogen-bond donors (Lipinski definition) is 1. The van der Waals surface area contributed by atoms with Crippen LogP contribution < -0.4 is 10.2 Å². The normalized spacial score (nSPS) is 14.3. The molecule has 7 heteroatoms. The van der Waals surface area contributed by atoms with E-state index in [-0.39, 0.29) is 5.91 Å². The Bertz CT molecular complexity index is 1320. The molecule has 1 N–H and O–H groups in total. The largest absolute Gasteiger partial charge is 0.329 e. The van der Waals surface area contributed by atoms with Gasteiger partial charge in [0.25, 0.3) is 5.91 Å². The van der Waals surface area contributed by atoms with Crippen LogP contribution >= 0.6 is 0 Å². The number of rotatable bonds is 7. The fourth-order valence-electron chi connectivity index (χ4n) is 4.44. The quantitative estimate of drug-likeness (QED) is 0.396. The summed E-state index contributed by atoms with van der Waals surface area (Å²) in [6.07, 6.45) is 5.42. The van der Waals surface area contributed by atoms with Gasteiger partial charge in [0.05, 0.1) is 0 Å². The van der Waals surface area contributed by atoms with Crippen molar-refractivity contribution in [1.82, 2.24) is 19.8 Å². The first-order chi connectivity index (χ1) is 18.0. The van der Waals surface area contributed by atoms with E-state index in [1.807, 2.05) is 78.8 Å². The number of nitrogens with zero attached hydrogens (tertiary/aromatic N) is 5. The van der Waals surface area contributed by atoms with Crippen molar-refractivity contribution < 1.29 is 4.79 Å². The van der Waals surface area contributed by atoms with E-state index in [0.29, 0.717) is 5.56 Å². The summed E-state index contributed by atoms with van der Waals surface area (Å²) in [5, 5.41) is 3.00. The molecule has 1 saturated heterocycles. The maximum atomic E-state index is 12.8. The summed E-state index contributed by atoms with van der Waals surface area (Å²) in [6, 6.07) is 23.7. The van der Waals surface area contributed by atoms with E-state index in [4.69, 9.17) is 0 Å². The first kappa shape index (κ1) is 24.6. The number of benzene rings is 2. The molecule has 2 aromatic carbocycles. The van der Waals surface area contributed by atoms with Gasteiger partial charge < -0.3 is 15.1 Å². The van der Waals surface area contributed by atoms with E-state index in [0.717, 1.165) is 61.0 Å². The summed E-state index contributed by atoms with van der Waals surface area (Å²) >= 11 is 0. The Balaban J connectivity index is 1.19. The second-order valence-electron chi connectivity index (χ2n) is 9.48. The van der Waals surface area contributed by atoms with Gasteiger partial charge in [0.15, 0.2) is 0 Å². The van der Waals surface area contributed by atoms with Crippen LogP contribution in [0.25, 0.3) is 11.1 Å². The zero-order valence-electron chi connectivity index (χ0n) is 21.3. The van der Waals surface area contributed by atoms with E-state index < -0.39 is 0 Å². The van der Waals surface area contributed by atoms with Crippen molar-refractivity contribution in [1.29, 1.82) is 0 Å². The van der Waals surface area contributed by atoms with Crippen molar-refractivity contribution in [2.45, 2.75) is 6.54 Å². The SMILES string of the molecule is CN1CCN(Cc2ccc(C(=O)Nc3ccc(N(C)c4cc(-c5cccnc5)ccn4)cc3)cc2)CC1. The lowest BCUT2D eigenvalue weighted by molar-refractivity contribution is 0.102. The number of hydrogen-bond acceptors (Lipinski definition) is 6. The molecule has 0 radical (unpaired) electrons. The summed E-state index contributed by atoms with van der Waals surface area (Å²) < 4.78 is 0. The van der Waals surface area contributed by atoms with Crippen molar-refractivity contribution in [3.05, 3.63) is 103 Å². The lowest BCUT2D eigenvalue weighted by Crippen LogP contribution is -2.43. The maximum absolute atomic E-state index is 12.8. The van der Waals surface area contributed by atoms with Crippen molar-refractivity contribution in [3.63, 3.8) is 0 Å². The van der Waals surface area contributed by atoms with E-state index in [1.54, 1.807) is 12.4 Å². The third-order valence-electron chi connectivity index (χ3n) is 6.81. The zero-order chi connectivity index (χ0) is 25.6. The highest BCUT2D eigenvalue weighted by Gasteiger charge is 2.14. The molecule has 0 aliphatic carbocycles. The molecule has 0 saturated carbocycles. The number of pyridine rings is 2. The highest BCUT2D eigenvalue weighted by Crippen LogP contribution is 2.27. The van der Waals surface area contributed by atoms with Crippen LogP contribution in [-0.2, 0) is 6.54 Å². The van der Waals surface area contributed by atoms with Gasteiger partial charge in [-0.15, -0.1) is 0 Å². The molecule has 3 heterocycles. The second-order valence-corrected chi connectivity index (χ2v) is 9.48. The summed E-state index contributed by atoms with van der Waals surface area (Å²) in [5.41, 5.74) is 5.71. The molecule has 0 bridgehead atoms. The van der Waals surface area contributed by atoms with Crippen LogP contribution in [0.4, 0.5) is 17.2 Å². The molecule has 7 nitrogen and oxygen atoms in total. The van der Waals surface area contributed by atoms with E-state index in [9.17, 15) is 4.79 Å². The number of carbonyl (C=O) groups excluding carboxylic acids is 1. The van der Waals surface area contributed by atoms with Crippen LogP contribution in [-0.4, -0.2) is 65.9 Å². The minimum Gasteiger partial charge on any atom is -0.329 e. The number of aromatic nitrogens is 2. The third-order valence-corrected chi connectivity index (χ3v) is 6.81. The summed E-state index contributed by atoms with van der Waals surface area (Å²) in [7, 11) is 4.14. The van der Waals surface area contributed by atoms with Crippen molar-refractivity contribution in [2.24, 2.45) is 0 Å². The van der Waals surface area contributed by atoms with Gasteiger partial charge in [-0.05, 0) is 72.8 Å². The van der Waals surface area contributed by atoms with Crippen molar-refractivity contribution in [2.75, 3.05) is 50.5 Å². The number of likely N-dealkylation sites (N-methyl/N-ethyl adjacent to an activating group) is 1. The van der Waals surface area contributed by atoms with Gasteiger partial charge in [-0.1, -0.05) is 18.2 Å². The minimum atomic E-state index is -0.113. The monoisotopic (exact) mass is 492 g/mol. The molecule has 1 amide bonds. The molecule has 37 heavy (non-hydrogen) atoms. The van der Waals surface area contributed by atoms with Crippen LogP contribution in [0.3, 0.4) is 0 Å². The van der Waals surface area contributed by atoms with Gasteiger partial charge >= 0.3 is 0 Å². The van der Waals surface area contributed by atoms with E-state index in [2.05, 4.69) is 44.3 Å². The number of carbonyl (C=O) groups is 1.